The first-order valence-corrected chi connectivity index (χ1v) is 10.3. The van der Waals surface area contributed by atoms with Crippen LogP contribution in [0.2, 0.25) is 0 Å². The molecule has 1 aromatic heterocycles. The molecule has 0 radical (unpaired) electrons. The normalized spacial score (nSPS) is 10.4. The van der Waals surface area contributed by atoms with Crippen molar-refractivity contribution < 1.29 is 19.1 Å². The number of nitrogens with one attached hydrogen (secondary N) is 2. The van der Waals surface area contributed by atoms with Crippen molar-refractivity contribution in [3.05, 3.63) is 87.6 Å². The number of aromatic amines is 1. The molecule has 0 aliphatic carbocycles. The molecule has 0 saturated carbocycles. The van der Waals surface area contributed by atoms with E-state index in [9.17, 15) is 14.4 Å². The summed E-state index contributed by atoms with van der Waals surface area (Å²) in [4.78, 5) is 43.6. The smallest absolute Gasteiger partial charge is 0.338 e. The van der Waals surface area contributed by atoms with Crippen LogP contribution in [-0.4, -0.2) is 35.6 Å². The van der Waals surface area contributed by atoms with Crippen molar-refractivity contribution in [2.75, 3.05) is 19.0 Å². The summed E-state index contributed by atoms with van der Waals surface area (Å²) in [6, 6.07) is 14.8. The van der Waals surface area contributed by atoms with Crippen molar-refractivity contribution in [3.8, 4) is 5.75 Å². The number of amides is 1. The molecule has 2 aromatic carbocycles. The van der Waals surface area contributed by atoms with Gasteiger partial charge in [0.15, 0.2) is 0 Å². The molecule has 3 aromatic rings. The fraction of sp³-hybridized carbons (Fsp3) is 0.250. The van der Waals surface area contributed by atoms with Gasteiger partial charge in [-0.05, 0) is 48.4 Å². The molecular weight excluding hydrogens is 410 g/mol. The predicted molar refractivity (Wildman–Crippen MR) is 120 cm³/mol. The Bertz CT molecular complexity index is 1120. The maximum atomic E-state index is 12.6. The third-order valence-corrected chi connectivity index (χ3v) is 4.66. The molecule has 0 aliphatic heterocycles. The van der Waals surface area contributed by atoms with Crippen LogP contribution in [0.15, 0.2) is 59.4 Å². The Hall–Kier alpha value is -3.94. The van der Waals surface area contributed by atoms with Crippen molar-refractivity contribution in [3.63, 3.8) is 0 Å². The molecule has 32 heavy (non-hydrogen) atoms. The fourth-order valence-electron chi connectivity index (χ4n) is 2.92. The minimum Gasteiger partial charge on any atom is -0.497 e. The van der Waals surface area contributed by atoms with Gasteiger partial charge in [0.2, 0.25) is 0 Å². The largest absolute Gasteiger partial charge is 0.497 e. The first kappa shape index (κ1) is 22.7. The second-order valence-electron chi connectivity index (χ2n) is 7.12. The number of carbonyl (C=O) groups excluding carboxylic acids is 2. The minimum atomic E-state index is -0.523. The van der Waals surface area contributed by atoms with Crippen LogP contribution < -0.4 is 15.6 Å². The Morgan fingerprint density at radius 3 is 2.44 bits per heavy atom. The highest BCUT2D eigenvalue weighted by Gasteiger charge is 2.12. The molecule has 3 rings (SSSR count). The number of nitrogens with zero attached hydrogens (tertiary/aromatic N) is 1. The lowest BCUT2D eigenvalue weighted by Gasteiger charge is -2.08. The number of hydrogen-bond acceptors (Lipinski definition) is 6. The van der Waals surface area contributed by atoms with Crippen molar-refractivity contribution in [2.45, 2.75) is 26.2 Å². The van der Waals surface area contributed by atoms with Crippen LogP contribution in [0.4, 0.5) is 5.69 Å². The van der Waals surface area contributed by atoms with E-state index >= 15 is 0 Å². The van der Waals surface area contributed by atoms with Crippen LogP contribution in [0, 0.1) is 0 Å². The predicted octanol–water partition coefficient (Wildman–Crippen LogP) is 3.58. The molecule has 0 fully saturated rings. The molecule has 0 bridgehead atoms. The SMILES string of the molecule is CCCCOC(=O)c1ccc(NC(=O)c2cc(=O)[nH]c(Cc3ccc(OC)cc3)n2)cc1. The van der Waals surface area contributed by atoms with Crippen LogP contribution >= 0.6 is 0 Å². The topological polar surface area (TPSA) is 110 Å². The van der Waals surface area contributed by atoms with Gasteiger partial charge in [-0.15, -0.1) is 0 Å². The maximum absolute atomic E-state index is 12.6. The van der Waals surface area contributed by atoms with Crippen LogP contribution in [0.1, 0.15) is 52.0 Å². The van der Waals surface area contributed by atoms with Gasteiger partial charge in [0.25, 0.3) is 11.5 Å². The Morgan fingerprint density at radius 2 is 1.78 bits per heavy atom. The van der Waals surface area contributed by atoms with Crippen LogP contribution in [0.3, 0.4) is 0 Å². The minimum absolute atomic E-state index is 0.000290. The lowest BCUT2D eigenvalue weighted by molar-refractivity contribution is 0.0499. The van der Waals surface area contributed by atoms with Gasteiger partial charge in [0.05, 0.1) is 19.3 Å². The number of benzene rings is 2. The number of anilines is 1. The standard InChI is InChI=1S/C24H25N3O5/c1-3-4-13-32-24(30)17-7-9-18(10-8-17)25-23(29)20-15-22(28)27-21(26-20)14-16-5-11-19(31-2)12-6-16/h5-12,15H,3-4,13-14H2,1-2H3,(H,25,29)(H,26,27,28). The molecule has 0 saturated heterocycles. The van der Waals surface area contributed by atoms with E-state index < -0.39 is 17.4 Å². The van der Waals surface area contributed by atoms with E-state index in [1.165, 1.54) is 0 Å². The third kappa shape index (κ3) is 6.28. The average molecular weight is 435 g/mol. The monoisotopic (exact) mass is 435 g/mol. The number of hydrogen-bond donors (Lipinski definition) is 2. The molecule has 166 valence electrons. The first-order valence-electron chi connectivity index (χ1n) is 10.3. The molecule has 0 spiro atoms. The van der Waals surface area contributed by atoms with Gasteiger partial charge in [-0.3, -0.25) is 9.59 Å². The lowest BCUT2D eigenvalue weighted by Crippen LogP contribution is -2.20. The Kier molecular flexibility index (Phi) is 7.75. The van der Waals surface area contributed by atoms with Crippen LogP contribution in [0.5, 0.6) is 5.75 Å². The zero-order chi connectivity index (χ0) is 22.9. The van der Waals surface area contributed by atoms with Crippen molar-refractivity contribution in [2.24, 2.45) is 0 Å². The summed E-state index contributed by atoms with van der Waals surface area (Å²) in [5.74, 6) is 0.169. The van der Waals surface area contributed by atoms with Gasteiger partial charge in [-0.2, -0.15) is 0 Å². The molecule has 2 N–H and O–H groups in total. The molecule has 1 amide bonds. The summed E-state index contributed by atoms with van der Waals surface area (Å²) in [6.07, 6.45) is 2.11. The van der Waals surface area contributed by atoms with Gasteiger partial charge in [0.1, 0.15) is 17.3 Å². The second kappa shape index (κ2) is 10.9. The Morgan fingerprint density at radius 1 is 1.06 bits per heavy atom. The van der Waals surface area contributed by atoms with E-state index in [0.29, 0.717) is 30.1 Å². The first-order chi connectivity index (χ1) is 15.5. The van der Waals surface area contributed by atoms with E-state index in [2.05, 4.69) is 15.3 Å². The number of ether oxygens (including phenoxy) is 2. The van der Waals surface area contributed by atoms with Crippen molar-refractivity contribution in [1.29, 1.82) is 0 Å². The third-order valence-electron chi connectivity index (χ3n) is 4.66. The van der Waals surface area contributed by atoms with Gasteiger partial charge < -0.3 is 19.8 Å². The molecule has 1 heterocycles. The number of H-pyrrole nitrogens is 1. The van der Waals surface area contributed by atoms with Gasteiger partial charge in [-0.25, -0.2) is 9.78 Å². The highest BCUT2D eigenvalue weighted by molar-refractivity contribution is 6.03. The lowest BCUT2D eigenvalue weighted by atomic mass is 10.1. The highest BCUT2D eigenvalue weighted by atomic mass is 16.5. The van der Waals surface area contributed by atoms with Crippen molar-refractivity contribution in [1.82, 2.24) is 9.97 Å². The number of methoxy groups -OCH3 is 1. The van der Waals surface area contributed by atoms with Gasteiger partial charge in [-0.1, -0.05) is 25.5 Å². The Labute approximate surface area is 185 Å². The van der Waals surface area contributed by atoms with Gasteiger partial charge >= 0.3 is 5.97 Å². The van der Waals surface area contributed by atoms with E-state index in [-0.39, 0.29) is 5.69 Å². The fourth-order valence-corrected chi connectivity index (χ4v) is 2.92. The number of aromatic nitrogens is 2. The summed E-state index contributed by atoms with van der Waals surface area (Å²) >= 11 is 0. The Balaban J connectivity index is 1.67. The van der Waals surface area contributed by atoms with E-state index in [4.69, 9.17) is 9.47 Å². The summed E-state index contributed by atoms with van der Waals surface area (Å²) in [7, 11) is 1.59. The molecule has 0 aliphatic rings. The highest BCUT2D eigenvalue weighted by Crippen LogP contribution is 2.14. The molecule has 0 atom stereocenters. The number of unbranched alkanes of at least 4 members (excludes halogenated alkanes) is 1. The van der Waals surface area contributed by atoms with E-state index in [1.54, 1.807) is 31.4 Å². The quantitative estimate of drug-likeness (QED) is 0.393. The van der Waals surface area contributed by atoms with Gasteiger partial charge in [0, 0.05) is 18.2 Å². The second-order valence-corrected chi connectivity index (χ2v) is 7.12. The van der Waals surface area contributed by atoms with E-state index in [1.807, 2.05) is 31.2 Å². The van der Waals surface area contributed by atoms with Crippen LogP contribution in [0.25, 0.3) is 0 Å². The number of esters is 1. The van der Waals surface area contributed by atoms with Crippen LogP contribution in [-0.2, 0) is 11.2 Å². The molecular formula is C24H25N3O5. The maximum Gasteiger partial charge on any atom is 0.338 e. The number of carbonyl (C=O) groups is 2. The summed E-state index contributed by atoms with van der Waals surface area (Å²) in [5, 5.41) is 2.69. The molecule has 8 heteroatoms. The average Bonchev–Trinajstić information content (AvgIpc) is 2.80. The zero-order valence-corrected chi connectivity index (χ0v) is 18.0. The summed E-state index contributed by atoms with van der Waals surface area (Å²) < 4.78 is 10.3. The number of rotatable bonds is 9. The summed E-state index contributed by atoms with van der Waals surface area (Å²) in [5.41, 5.74) is 1.36. The molecule has 0 unspecified atom stereocenters. The van der Waals surface area contributed by atoms with E-state index in [0.717, 1.165) is 30.2 Å². The zero-order valence-electron chi connectivity index (χ0n) is 18.0. The molecule has 8 nitrogen and oxygen atoms in total. The van der Waals surface area contributed by atoms with Crippen molar-refractivity contribution >= 4 is 17.6 Å². The summed E-state index contributed by atoms with van der Waals surface area (Å²) in [6.45, 7) is 2.39.